The van der Waals surface area contributed by atoms with E-state index in [1.165, 1.54) is 22.5 Å². The summed E-state index contributed by atoms with van der Waals surface area (Å²) in [7, 11) is -3.64. The van der Waals surface area contributed by atoms with Crippen LogP contribution in [0.15, 0.2) is 23.1 Å². The fourth-order valence-electron chi connectivity index (χ4n) is 1.97. The minimum Gasteiger partial charge on any atom is -0.392 e. The van der Waals surface area contributed by atoms with Gasteiger partial charge in [0.05, 0.1) is 11.0 Å². The van der Waals surface area contributed by atoms with Gasteiger partial charge in [-0.25, -0.2) is 8.42 Å². The second kappa shape index (κ2) is 5.35. The minimum absolute atomic E-state index is 0.0640. The van der Waals surface area contributed by atoms with E-state index in [4.69, 9.17) is 23.2 Å². The quantitative estimate of drug-likeness (QED) is 0.910. The number of hydrogen-bond acceptors (Lipinski definition) is 3. The molecule has 0 aromatic heterocycles. The summed E-state index contributed by atoms with van der Waals surface area (Å²) in [6.07, 6.45) is 0.667. The fourth-order valence-corrected chi connectivity index (χ4v) is 4.21. The first-order valence-electron chi connectivity index (χ1n) is 5.54. The maximum Gasteiger partial charge on any atom is 0.243 e. The van der Waals surface area contributed by atoms with Gasteiger partial charge in [0.15, 0.2) is 0 Å². The lowest BCUT2D eigenvalue weighted by atomic mass is 10.1. The third kappa shape index (κ3) is 2.97. The van der Waals surface area contributed by atoms with Gasteiger partial charge >= 0.3 is 0 Å². The number of nitrogens with zero attached hydrogens (tertiary/aromatic N) is 1. The van der Waals surface area contributed by atoms with Crippen LogP contribution in [-0.4, -0.2) is 37.0 Å². The lowest BCUT2D eigenvalue weighted by Crippen LogP contribution is -2.42. The second-order valence-electron chi connectivity index (χ2n) is 4.26. The highest BCUT2D eigenvalue weighted by atomic mass is 35.5. The number of rotatable bonds is 2. The Kier molecular flexibility index (Phi) is 4.18. The number of aliphatic hydroxyl groups is 1. The number of β-amino-alcohol motifs (C(OH)–C–C–N with tert-alkyl or cyclic N) is 1. The van der Waals surface area contributed by atoms with Gasteiger partial charge < -0.3 is 5.11 Å². The molecule has 0 bridgehead atoms. The topological polar surface area (TPSA) is 57.6 Å². The van der Waals surface area contributed by atoms with Crippen LogP contribution in [0.3, 0.4) is 0 Å². The summed E-state index contributed by atoms with van der Waals surface area (Å²) in [5.41, 5.74) is 0. The van der Waals surface area contributed by atoms with Gasteiger partial charge in [-0.3, -0.25) is 0 Å². The molecule has 1 aliphatic rings. The number of halogens is 2. The summed E-state index contributed by atoms with van der Waals surface area (Å²) in [5, 5.41) is 10.1. The zero-order valence-electron chi connectivity index (χ0n) is 9.51. The molecule has 0 radical (unpaired) electrons. The molecule has 1 aromatic carbocycles. The highest BCUT2D eigenvalue weighted by molar-refractivity contribution is 7.89. The normalized spacial score (nSPS) is 22.1. The van der Waals surface area contributed by atoms with Crippen LogP contribution in [0.5, 0.6) is 0 Å². The Morgan fingerprint density at radius 1 is 1.22 bits per heavy atom. The molecule has 100 valence electrons. The zero-order valence-corrected chi connectivity index (χ0v) is 11.8. The van der Waals surface area contributed by atoms with Crippen LogP contribution < -0.4 is 0 Å². The minimum atomic E-state index is -3.64. The number of aliphatic hydroxyl groups excluding tert-OH is 1. The fraction of sp³-hybridized carbons (Fsp3) is 0.455. The smallest absolute Gasteiger partial charge is 0.243 e. The number of sulfonamides is 1. The van der Waals surface area contributed by atoms with Crippen molar-refractivity contribution < 1.29 is 13.5 Å². The molecule has 1 atom stereocenters. The first-order valence-corrected chi connectivity index (χ1v) is 7.73. The van der Waals surface area contributed by atoms with Crippen LogP contribution in [0, 0.1) is 0 Å². The third-order valence-corrected chi connectivity index (χ3v) is 5.11. The van der Waals surface area contributed by atoms with Gasteiger partial charge in [-0.2, -0.15) is 4.31 Å². The maximum absolute atomic E-state index is 12.3. The van der Waals surface area contributed by atoms with Crippen molar-refractivity contribution in [3.8, 4) is 0 Å². The van der Waals surface area contributed by atoms with Gasteiger partial charge in [-0.1, -0.05) is 23.2 Å². The molecule has 18 heavy (non-hydrogen) atoms. The summed E-state index contributed by atoms with van der Waals surface area (Å²) >= 11 is 11.6. The summed E-state index contributed by atoms with van der Waals surface area (Å²) in [6.45, 7) is 0.524. The Bertz CT molecular complexity index is 527. The molecule has 1 heterocycles. The lowest BCUT2D eigenvalue weighted by molar-refractivity contribution is 0.108. The van der Waals surface area contributed by atoms with Crippen molar-refractivity contribution in [2.75, 3.05) is 13.1 Å². The zero-order chi connectivity index (χ0) is 13.3. The Hall–Kier alpha value is -0.330. The monoisotopic (exact) mass is 309 g/mol. The van der Waals surface area contributed by atoms with Crippen LogP contribution in [0.25, 0.3) is 0 Å². The van der Waals surface area contributed by atoms with Crippen molar-refractivity contribution >= 4 is 33.2 Å². The van der Waals surface area contributed by atoms with Gasteiger partial charge in [-0.05, 0) is 31.0 Å². The molecule has 1 fully saturated rings. The van der Waals surface area contributed by atoms with Crippen LogP contribution in [0.1, 0.15) is 12.8 Å². The maximum atomic E-state index is 12.3. The van der Waals surface area contributed by atoms with Crippen LogP contribution in [0.2, 0.25) is 10.0 Å². The highest BCUT2D eigenvalue weighted by Crippen LogP contribution is 2.26. The molecule has 0 spiro atoms. The van der Waals surface area contributed by atoms with E-state index >= 15 is 0 Å². The van der Waals surface area contributed by atoms with E-state index in [0.717, 1.165) is 0 Å². The second-order valence-corrected chi connectivity index (χ2v) is 7.08. The molecule has 0 aliphatic carbocycles. The van der Waals surface area contributed by atoms with E-state index in [-0.39, 0.29) is 21.5 Å². The average Bonchev–Trinajstić information content (AvgIpc) is 2.27. The molecular weight excluding hydrogens is 297 g/mol. The summed E-state index contributed by atoms with van der Waals surface area (Å²) in [5.74, 6) is 0. The molecule has 1 N–H and O–H groups in total. The first kappa shape index (κ1) is 14.1. The van der Waals surface area contributed by atoms with Crippen molar-refractivity contribution in [2.45, 2.75) is 23.8 Å². The van der Waals surface area contributed by atoms with E-state index in [9.17, 15) is 13.5 Å². The molecule has 1 saturated heterocycles. The van der Waals surface area contributed by atoms with Gasteiger partial charge in [0.25, 0.3) is 0 Å². The van der Waals surface area contributed by atoms with E-state index in [2.05, 4.69) is 0 Å². The average molecular weight is 310 g/mol. The van der Waals surface area contributed by atoms with Crippen LogP contribution in [-0.2, 0) is 10.0 Å². The van der Waals surface area contributed by atoms with Gasteiger partial charge in [0, 0.05) is 23.1 Å². The van der Waals surface area contributed by atoms with E-state index < -0.39 is 16.1 Å². The standard InChI is InChI=1S/C11H13Cl2NO3S/c12-8-4-9(13)6-11(5-8)18(16,17)14-3-1-2-10(15)7-14/h4-6,10,15H,1-3,7H2/t10-/m0/s1. The summed E-state index contributed by atoms with van der Waals surface area (Å²) < 4.78 is 25.9. The number of hydrogen-bond donors (Lipinski definition) is 1. The Morgan fingerprint density at radius 2 is 1.83 bits per heavy atom. The van der Waals surface area contributed by atoms with Gasteiger partial charge in [0.2, 0.25) is 10.0 Å². The van der Waals surface area contributed by atoms with Crippen molar-refractivity contribution in [3.63, 3.8) is 0 Å². The summed E-state index contributed by atoms with van der Waals surface area (Å²) in [6, 6.07) is 4.21. The third-order valence-electron chi connectivity index (χ3n) is 2.83. The van der Waals surface area contributed by atoms with Gasteiger partial charge in [-0.15, -0.1) is 0 Å². The first-order chi connectivity index (χ1) is 8.39. The van der Waals surface area contributed by atoms with Crippen molar-refractivity contribution in [3.05, 3.63) is 28.2 Å². The predicted molar refractivity (Wildman–Crippen MR) is 70.5 cm³/mol. The number of piperidine rings is 1. The molecule has 1 aliphatic heterocycles. The Balaban J connectivity index is 2.35. The lowest BCUT2D eigenvalue weighted by Gasteiger charge is -2.29. The Labute approximate surface area is 116 Å². The summed E-state index contributed by atoms with van der Waals surface area (Å²) in [4.78, 5) is 0.0640. The van der Waals surface area contributed by atoms with Crippen molar-refractivity contribution in [2.24, 2.45) is 0 Å². The van der Waals surface area contributed by atoms with Gasteiger partial charge in [0.1, 0.15) is 0 Å². The largest absolute Gasteiger partial charge is 0.392 e. The molecule has 0 unspecified atom stereocenters. The molecule has 2 rings (SSSR count). The predicted octanol–water partition coefficient (Wildman–Crippen LogP) is 2.14. The van der Waals surface area contributed by atoms with E-state index in [1.807, 2.05) is 0 Å². The molecular formula is C11H13Cl2NO3S. The van der Waals surface area contributed by atoms with Crippen LogP contribution >= 0.6 is 23.2 Å². The van der Waals surface area contributed by atoms with E-state index in [0.29, 0.717) is 19.4 Å². The SMILES string of the molecule is O=S(=O)(c1cc(Cl)cc(Cl)c1)N1CCC[C@H](O)C1. The van der Waals surface area contributed by atoms with Crippen molar-refractivity contribution in [1.82, 2.24) is 4.31 Å². The van der Waals surface area contributed by atoms with Crippen molar-refractivity contribution in [1.29, 1.82) is 0 Å². The number of benzene rings is 1. The molecule has 7 heteroatoms. The molecule has 0 saturated carbocycles. The molecule has 4 nitrogen and oxygen atoms in total. The molecule has 0 amide bonds. The molecule has 1 aromatic rings. The highest BCUT2D eigenvalue weighted by Gasteiger charge is 2.29. The van der Waals surface area contributed by atoms with E-state index in [1.54, 1.807) is 0 Å². The van der Waals surface area contributed by atoms with Crippen LogP contribution in [0.4, 0.5) is 0 Å². The Morgan fingerprint density at radius 3 is 2.39 bits per heavy atom.